The maximum Gasteiger partial charge on any atom is 0.333 e. The van der Waals surface area contributed by atoms with Gasteiger partial charge in [-0.15, -0.1) is 0 Å². The van der Waals surface area contributed by atoms with Crippen LogP contribution in [0.2, 0.25) is 0 Å². The monoisotopic (exact) mass is 322 g/mol. The van der Waals surface area contributed by atoms with Crippen LogP contribution < -0.4 is 4.74 Å². The van der Waals surface area contributed by atoms with E-state index in [1.165, 1.54) is 0 Å². The van der Waals surface area contributed by atoms with Crippen molar-refractivity contribution in [2.45, 2.75) is 33.3 Å². The van der Waals surface area contributed by atoms with Gasteiger partial charge >= 0.3 is 5.97 Å². The third-order valence-electron chi connectivity index (χ3n) is 3.51. The minimum Gasteiger partial charge on any atom is -0.491 e. The second kappa shape index (κ2) is 10.0. The first-order chi connectivity index (χ1) is 11.0. The van der Waals surface area contributed by atoms with E-state index in [1.807, 2.05) is 6.92 Å². The molecule has 1 aromatic rings. The Balaban J connectivity index is 2.60. The van der Waals surface area contributed by atoms with Gasteiger partial charge in [0.05, 0.1) is 19.3 Å². The van der Waals surface area contributed by atoms with Crippen LogP contribution in [0.3, 0.4) is 0 Å². The lowest BCUT2D eigenvalue weighted by Gasteiger charge is -2.18. The van der Waals surface area contributed by atoms with Crippen LogP contribution >= 0.6 is 0 Å². The van der Waals surface area contributed by atoms with E-state index in [9.17, 15) is 9.90 Å². The second-order valence-electron chi connectivity index (χ2n) is 5.41. The summed E-state index contributed by atoms with van der Waals surface area (Å²) in [5, 5.41) is 19.1. The van der Waals surface area contributed by atoms with Crippen LogP contribution in [0.15, 0.2) is 35.9 Å². The number of aliphatic hydroxyl groups excluding tert-OH is 2. The number of allylic oxidation sites excluding steroid dienone is 1. The Morgan fingerprint density at radius 1 is 1.30 bits per heavy atom. The van der Waals surface area contributed by atoms with E-state index < -0.39 is 6.10 Å². The smallest absolute Gasteiger partial charge is 0.333 e. The number of benzene rings is 1. The largest absolute Gasteiger partial charge is 0.491 e. The Kier molecular flexibility index (Phi) is 8.37. The van der Waals surface area contributed by atoms with Gasteiger partial charge in [-0.1, -0.05) is 25.1 Å². The highest BCUT2D eigenvalue weighted by Gasteiger charge is 2.16. The van der Waals surface area contributed by atoms with Crippen LogP contribution in [0.4, 0.5) is 0 Å². The van der Waals surface area contributed by atoms with Gasteiger partial charge in [-0.05, 0) is 43.9 Å². The number of carbonyl (C=O) groups is 1. The molecule has 0 aliphatic carbocycles. The Hall–Kier alpha value is -1.85. The molecule has 0 aliphatic rings. The fraction of sp³-hybridized carbons (Fsp3) is 0.500. The zero-order valence-corrected chi connectivity index (χ0v) is 14.0. The molecule has 0 saturated carbocycles. The molecule has 5 heteroatoms. The van der Waals surface area contributed by atoms with Gasteiger partial charge in [-0.3, -0.25) is 0 Å². The highest BCUT2D eigenvalue weighted by Crippen LogP contribution is 2.26. The molecule has 0 amide bonds. The number of hydrogen-bond acceptors (Lipinski definition) is 5. The normalized spacial score (nSPS) is 14.2. The molecule has 0 unspecified atom stereocenters. The van der Waals surface area contributed by atoms with E-state index in [4.69, 9.17) is 14.6 Å². The van der Waals surface area contributed by atoms with Crippen molar-refractivity contribution < 1.29 is 24.5 Å². The molecule has 128 valence electrons. The Bertz CT molecular complexity index is 507. The average Bonchev–Trinajstić information content (AvgIpc) is 2.57. The summed E-state index contributed by atoms with van der Waals surface area (Å²) in [5.74, 6) is 0.295. The molecule has 0 saturated heterocycles. The molecule has 1 aromatic carbocycles. The van der Waals surface area contributed by atoms with Crippen LogP contribution in [0, 0.1) is 5.92 Å². The minimum atomic E-state index is -0.631. The first-order valence-corrected chi connectivity index (χ1v) is 7.85. The van der Waals surface area contributed by atoms with Crippen molar-refractivity contribution in [3.63, 3.8) is 0 Å². The van der Waals surface area contributed by atoms with Gasteiger partial charge in [0.2, 0.25) is 0 Å². The fourth-order valence-electron chi connectivity index (χ4n) is 2.07. The summed E-state index contributed by atoms with van der Waals surface area (Å²) in [4.78, 5) is 11.5. The summed E-state index contributed by atoms with van der Waals surface area (Å²) in [5.41, 5.74) is 1.34. The number of carbonyl (C=O) groups excluding carboxylic acids is 1. The molecule has 0 spiro atoms. The number of ether oxygens (including phenoxy) is 2. The van der Waals surface area contributed by atoms with E-state index in [2.05, 4.69) is 0 Å². The van der Waals surface area contributed by atoms with Crippen molar-refractivity contribution in [3.8, 4) is 5.75 Å². The maximum atomic E-state index is 11.5. The predicted molar refractivity (Wildman–Crippen MR) is 88.2 cm³/mol. The summed E-state index contributed by atoms with van der Waals surface area (Å²) in [6.45, 7) is 5.97. The molecule has 1 rings (SSSR count). The average molecular weight is 322 g/mol. The predicted octanol–water partition coefficient (Wildman–Crippen LogP) is 2.63. The molecular formula is C18H26O5. The van der Waals surface area contributed by atoms with Gasteiger partial charge in [0, 0.05) is 5.57 Å². The molecule has 0 bridgehead atoms. The minimum absolute atomic E-state index is 0.0342. The fourth-order valence-corrected chi connectivity index (χ4v) is 2.07. The number of esters is 1. The third kappa shape index (κ3) is 6.42. The van der Waals surface area contributed by atoms with Gasteiger partial charge < -0.3 is 19.7 Å². The molecule has 2 N–H and O–H groups in total. The molecule has 0 fully saturated rings. The van der Waals surface area contributed by atoms with Crippen LogP contribution in [-0.2, 0) is 9.53 Å². The van der Waals surface area contributed by atoms with Crippen molar-refractivity contribution >= 4 is 5.97 Å². The highest BCUT2D eigenvalue weighted by molar-refractivity contribution is 5.87. The van der Waals surface area contributed by atoms with Crippen molar-refractivity contribution in [2.24, 2.45) is 5.92 Å². The van der Waals surface area contributed by atoms with Gasteiger partial charge in [-0.2, -0.15) is 0 Å². The number of rotatable bonds is 9. The van der Waals surface area contributed by atoms with Crippen molar-refractivity contribution in [2.75, 3.05) is 19.8 Å². The molecule has 5 nitrogen and oxygen atoms in total. The van der Waals surface area contributed by atoms with E-state index in [0.29, 0.717) is 24.4 Å². The SMILES string of the molecule is CCOC(=O)/C(C)=C/C[C@@H](C)[C@H](O)c1ccc(OCCO)cc1. The zero-order chi connectivity index (χ0) is 17.2. The van der Waals surface area contributed by atoms with Gasteiger partial charge in [-0.25, -0.2) is 4.79 Å². The van der Waals surface area contributed by atoms with E-state index in [0.717, 1.165) is 5.56 Å². The quantitative estimate of drug-likeness (QED) is 0.540. The van der Waals surface area contributed by atoms with Crippen molar-refractivity contribution in [1.82, 2.24) is 0 Å². The van der Waals surface area contributed by atoms with Crippen LogP contribution in [-0.4, -0.2) is 36.0 Å². The van der Waals surface area contributed by atoms with Crippen molar-refractivity contribution in [3.05, 3.63) is 41.5 Å². The van der Waals surface area contributed by atoms with Gasteiger partial charge in [0.1, 0.15) is 12.4 Å². The summed E-state index contributed by atoms with van der Waals surface area (Å²) in [6.07, 6.45) is 1.74. The van der Waals surface area contributed by atoms with E-state index in [-0.39, 0.29) is 25.1 Å². The van der Waals surface area contributed by atoms with Crippen LogP contribution in [0.1, 0.15) is 38.9 Å². The topological polar surface area (TPSA) is 76.0 Å². The molecule has 2 atom stereocenters. The molecule has 0 aliphatic heterocycles. The Morgan fingerprint density at radius 2 is 1.96 bits per heavy atom. The molecule has 23 heavy (non-hydrogen) atoms. The molecule has 0 radical (unpaired) electrons. The lowest BCUT2D eigenvalue weighted by Crippen LogP contribution is -2.10. The molecule has 0 aromatic heterocycles. The van der Waals surface area contributed by atoms with Crippen LogP contribution in [0.25, 0.3) is 0 Å². The van der Waals surface area contributed by atoms with Crippen LogP contribution in [0.5, 0.6) is 5.75 Å². The standard InChI is InChI=1S/C18H26O5/c1-4-22-18(21)14(3)6-5-13(2)17(20)15-7-9-16(10-8-15)23-12-11-19/h6-10,13,17,19-20H,4-5,11-12H2,1-3H3/b14-6+/t13-,17+/m1/s1. The zero-order valence-electron chi connectivity index (χ0n) is 14.0. The summed E-state index contributed by atoms with van der Waals surface area (Å²) in [7, 11) is 0. The third-order valence-corrected chi connectivity index (χ3v) is 3.51. The first kappa shape index (κ1) is 19.2. The number of aliphatic hydroxyl groups is 2. The maximum absolute atomic E-state index is 11.5. The van der Waals surface area contributed by atoms with Gasteiger partial charge in [0.15, 0.2) is 0 Å². The Labute approximate surface area is 137 Å². The van der Waals surface area contributed by atoms with Crippen molar-refractivity contribution in [1.29, 1.82) is 0 Å². The lowest BCUT2D eigenvalue weighted by atomic mass is 9.94. The first-order valence-electron chi connectivity index (χ1n) is 7.85. The summed E-state index contributed by atoms with van der Waals surface area (Å²) >= 11 is 0. The summed E-state index contributed by atoms with van der Waals surface area (Å²) in [6, 6.07) is 7.13. The van der Waals surface area contributed by atoms with Gasteiger partial charge in [0.25, 0.3) is 0 Å². The highest BCUT2D eigenvalue weighted by atomic mass is 16.5. The Morgan fingerprint density at radius 3 is 2.52 bits per heavy atom. The molecular weight excluding hydrogens is 296 g/mol. The van der Waals surface area contributed by atoms with E-state index >= 15 is 0 Å². The lowest BCUT2D eigenvalue weighted by molar-refractivity contribution is -0.138. The number of hydrogen-bond donors (Lipinski definition) is 2. The molecule has 0 heterocycles. The van der Waals surface area contributed by atoms with E-state index in [1.54, 1.807) is 44.2 Å². The summed E-state index contributed by atoms with van der Waals surface area (Å²) < 4.78 is 10.2. The second-order valence-corrected chi connectivity index (χ2v) is 5.41.